The molecule has 1 aromatic heterocycles. The number of carbonyl (C=O) groups is 1. The van der Waals surface area contributed by atoms with E-state index in [0.29, 0.717) is 18.7 Å². The first kappa shape index (κ1) is 20.6. The molecule has 30 heavy (non-hydrogen) atoms. The maximum atomic E-state index is 13.7. The molecule has 0 aliphatic carbocycles. The summed E-state index contributed by atoms with van der Waals surface area (Å²) in [6.45, 7) is 3.70. The van der Waals surface area contributed by atoms with Crippen LogP contribution in [0.15, 0.2) is 48.5 Å². The van der Waals surface area contributed by atoms with Gasteiger partial charge >= 0.3 is 0 Å². The van der Waals surface area contributed by atoms with Crippen molar-refractivity contribution in [1.29, 1.82) is 0 Å². The normalized spacial score (nSPS) is 16.7. The predicted octanol–water partition coefficient (Wildman–Crippen LogP) is 6.06. The number of aryl methyl sites for hydroxylation is 1. The Kier molecular flexibility index (Phi) is 6.46. The van der Waals surface area contributed by atoms with Gasteiger partial charge in [-0.1, -0.05) is 57.2 Å². The molecule has 1 fully saturated rings. The predicted molar refractivity (Wildman–Crippen MR) is 119 cm³/mol. The van der Waals surface area contributed by atoms with E-state index in [-0.39, 0.29) is 17.6 Å². The SMILES string of the molecule is CCCCCCCCn1c(C2CC(=O)N(c3cccc(F)c3)C2)nc2ccccc21. The number of hydrogen-bond acceptors (Lipinski definition) is 2. The zero-order valence-corrected chi connectivity index (χ0v) is 17.7. The Bertz CT molecular complexity index is 1010. The Balaban J connectivity index is 1.54. The smallest absolute Gasteiger partial charge is 0.227 e. The van der Waals surface area contributed by atoms with Crippen LogP contribution in [-0.4, -0.2) is 22.0 Å². The molecule has 0 bridgehead atoms. The summed E-state index contributed by atoms with van der Waals surface area (Å²) >= 11 is 0. The Hall–Kier alpha value is -2.69. The number of anilines is 1. The lowest BCUT2D eigenvalue weighted by molar-refractivity contribution is -0.117. The van der Waals surface area contributed by atoms with E-state index in [1.54, 1.807) is 17.0 Å². The summed E-state index contributed by atoms with van der Waals surface area (Å²) in [4.78, 5) is 19.3. The number of imidazole rings is 1. The Labute approximate surface area is 177 Å². The van der Waals surface area contributed by atoms with Crippen molar-refractivity contribution in [1.82, 2.24) is 9.55 Å². The minimum absolute atomic E-state index is 0.0215. The standard InChI is InChI=1S/C25H30FN3O/c1-2-3-4-5-6-9-15-28-23-14-8-7-13-22(23)27-25(28)19-16-24(30)29(18-19)21-12-10-11-20(26)17-21/h7-8,10-14,17,19H,2-6,9,15-16,18H2,1H3. The van der Waals surface area contributed by atoms with Gasteiger partial charge in [0, 0.05) is 31.1 Å². The van der Waals surface area contributed by atoms with Crippen LogP contribution in [0.3, 0.4) is 0 Å². The van der Waals surface area contributed by atoms with Crippen molar-refractivity contribution in [3.05, 3.63) is 60.2 Å². The van der Waals surface area contributed by atoms with Crippen LogP contribution in [0.25, 0.3) is 11.0 Å². The lowest BCUT2D eigenvalue weighted by atomic mass is 10.1. The summed E-state index contributed by atoms with van der Waals surface area (Å²) in [5.41, 5.74) is 2.74. The highest BCUT2D eigenvalue weighted by Crippen LogP contribution is 2.33. The minimum Gasteiger partial charge on any atom is -0.328 e. The van der Waals surface area contributed by atoms with Gasteiger partial charge in [0.15, 0.2) is 0 Å². The highest BCUT2D eigenvalue weighted by Gasteiger charge is 2.34. The highest BCUT2D eigenvalue weighted by molar-refractivity contribution is 5.96. The van der Waals surface area contributed by atoms with Crippen LogP contribution < -0.4 is 4.90 Å². The third kappa shape index (κ3) is 4.40. The third-order valence-corrected chi connectivity index (χ3v) is 6.03. The molecule has 1 aliphatic heterocycles. The van der Waals surface area contributed by atoms with Crippen LogP contribution in [0.5, 0.6) is 0 Å². The molecular weight excluding hydrogens is 377 g/mol. The van der Waals surface area contributed by atoms with E-state index < -0.39 is 0 Å². The summed E-state index contributed by atoms with van der Waals surface area (Å²) in [5, 5.41) is 0. The molecule has 0 radical (unpaired) electrons. The van der Waals surface area contributed by atoms with Crippen molar-refractivity contribution >= 4 is 22.6 Å². The number of benzene rings is 2. The van der Waals surface area contributed by atoms with Crippen LogP contribution in [0, 0.1) is 5.82 Å². The molecule has 1 atom stereocenters. The number of halogens is 1. The van der Waals surface area contributed by atoms with E-state index >= 15 is 0 Å². The average molecular weight is 408 g/mol. The number of para-hydroxylation sites is 2. The van der Waals surface area contributed by atoms with Gasteiger partial charge in [-0.25, -0.2) is 9.37 Å². The van der Waals surface area contributed by atoms with E-state index in [1.165, 1.54) is 44.2 Å². The molecule has 2 aromatic carbocycles. The second-order valence-electron chi connectivity index (χ2n) is 8.26. The molecule has 2 heterocycles. The molecule has 0 N–H and O–H groups in total. The topological polar surface area (TPSA) is 38.1 Å². The molecule has 0 saturated carbocycles. The molecule has 1 unspecified atom stereocenters. The summed E-state index contributed by atoms with van der Waals surface area (Å²) in [6, 6.07) is 14.5. The van der Waals surface area contributed by atoms with Gasteiger partial charge in [-0.05, 0) is 36.8 Å². The van der Waals surface area contributed by atoms with Crippen LogP contribution in [0.4, 0.5) is 10.1 Å². The van der Waals surface area contributed by atoms with Gasteiger partial charge in [-0.2, -0.15) is 0 Å². The molecule has 1 saturated heterocycles. The van der Waals surface area contributed by atoms with Gasteiger partial charge in [0.25, 0.3) is 0 Å². The number of fused-ring (bicyclic) bond motifs is 1. The highest BCUT2D eigenvalue weighted by atomic mass is 19.1. The molecule has 3 aromatic rings. The largest absolute Gasteiger partial charge is 0.328 e. The summed E-state index contributed by atoms with van der Waals surface area (Å²) in [6.07, 6.45) is 7.87. The van der Waals surface area contributed by atoms with Crippen molar-refractivity contribution in [3.8, 4) is 0 Å². The first-order valence-electron chi connectivity index (χ1n) is 11.2. The van der Waals surface area contributed by atoms with Gasteiger partial charge < -0.3 is 9.47 Å². The Morgan fingerprint density at radius 1 is 1.03 bits per heavy atom. The monoisotopic (exact) mass is 407 g/mol. The van der Waals surface area contributed by atoms with Crippen molar-refractivity contribution in [2.24, 2.45) is 0 Å². The fraction of sp³-hybridized carbons (Fsp3) is 0.440. The maximum absolute atomic E-state index is 13.7. The van der Waals surface area contributed by atoms with Gasteiger partial charge in [-0.3, -0.25) is 4.79 Å². The fourth-order valence-electron chi connectivity index (χ4n) is 4.47. The zero-order chi connectivity index (χ0) is 20.9. The molecule has 4 nitrogen and oxygen atoms in total. The van der Waals surface area contributed by atoms with Gasteiger partial charge in [0.2, 0.25) is 5.91 Å². The minimum atomic E-state index is -0.320. The van der Waals surface area contributed by atoms with E-state index in [9.17, 15) is 9.18 Å². The summed E-state index contributed by atoms with van der Waals surface area (Å²) < 4.78 is 16.0. The number of unbranched alkanes of at least 4 members (excludes halogenated alkanes) is 5. The van der Waals surface area contributed by atoms with Crippen LogP contribution in [0.1, 0.15) is 63.6 Å². The first-order valence-corrected chi connectivity index (χ1v) is 11.2. The second-order valence-corrected chi connectivity index (χ2v) is 8.26. The van der Waals surface area contributed by atoms with Crippen LogP contribution >= 0.6 is 0 Å². The quantitative estimate of drug-likeness (QED) is 0.405. The lowest BCUT2D eigenvalue weighted by Crippen LogP contribution is -2.24. The van der Waals surface area contributed by atoms with E-state index in [1.807, 2.05) is 18.2 Å². The zero-order valence-electron chi connectivity index (χ0n) is 17.7. The van der Waals surface area contributed by atoms with Crippen LogP contribution in [0.2, 0.25) is 0 Å². The molecule has 4 rings (SSSR count). The summed E-state index contributed by atoms with van der Waals surface area (Å²) in [5.74, 6) is 0.716. The number of amides is 1. The lowest BCUT2D eigenvalue weighted by Gasteiger charge is -2.17. The Morgan fingerprint density at radius 3 is 2.67 bits per heavy atom. The van der Waals surface area contributed by atoms with E-state index in [2.05, 4.69) is 17.6 Å². The van der Waals surface area contributed by atoms with Crippen molar-refractivity contribution < 1.29 is 9.18 Å². The number of carbonyl (C=O) groups excluding carboxylic acids is 1. The number of aromatic nitrogens is 2. The molecule has 5 heteroatoms. The van der Waals surface area contributed by atoms with Crippen molar-refractivity contribution in [2.45, 2.75) is 64.3 Å². The average Bonchev–Trinajstić information content (AvgIpc) is 3.31. The second kappa shape index (κ2) is 9.41. The maximum Gasteiger partial charge on any atom is 0.227 e. The first-order chi connectivity index (χ1) is 14.7. The van der Waals surface area contributed by atoms with Crippen molar-refractivity contribution in [2.75, 3.05) is 11.4 Å². The van der Waals surface area contributed by atoms with Crippen molar-refractivity contribution in [3.63, 3.8) is 0 Å². The molecule has 158 valence electrons. The molecule has 0 spiro atoms. The molecular formula is C25H30FN3O. The van der Waals surface area contributed by atoms with E-state index in [0.717, 1.165) is 29.8 Å². The number of hydrogen-bond donors (Lipinski definition) is 0. The number of nitrogens with zero attached hydrogens (tertiary/aromatic N) is 3. The Morgan fingerprint density at radius 2 is 1.83 bits per heavy atom. The number of rotatable bonds is 9. The van der Waals surface area contributed by atoms with Gasteiger partial charge in [0.05, 0.1) is 11.0 Å². The third-order valence-electron chi connectivity index (χ3n) is 6.03. The van der Waals surface area contributed by atoms with E-state index in [4.69, 9.17) is 4.98 Å². The molecule has 1 amide bonds. The van der Waals surface area contributed by atoms with Crippen LogP contribution in [-0.2, 0) is 11.3 Å². The van der Waals surface area contributed by atoms with Gasteiger partial charge in [0.1, 0.15) is 11.6 Å². The summed E-state index contributed by atoms with van der Waals surface area (Å²) in [7, 11) is 0. The van der Waals surface area contributed by atoms with Gasteiger partial charge in [-0.15, -0.1) is 0 Å². The fourth-order valence-corrected chi connectivity index (χ4v) is 4.47. The molecule has 1 aliphatic rings.